The molecule has 0 atom stereocenters. The molecule has 0 aliphatic carbocycles. The summed E-state index contributed by atoms with van der Waals surface area (Å²) in [6.45, 7) is 2.37. The highest BCUT2D eigenvalue weighted by molar-refractivity contribution is 5.96. The number of nitrogens with zero attached hydrogens (tertiary/aromatic N) is 2. The van der Waals surface area contributed by atoms with Crippen molar-refractivity contribution in [3.63, 3.8) is 0 Å². The van der Waals surface area contributed by atoms with E-state index in [0.717, 1.165) is 0 Å². The van der Waals surface area contributed by atoms with Gasteiger partial charge in [-0.15, -0.1) is 0 Å². The summed E-state index contributed by atoms with van der Waals surface area (Å²) < 4.78 is 16.7. The van der Waals surface area contributed by atoms with Crippen LogP contribution in [0.25, 0.3) is 5.69 Å². The van der Waals surface area contributed by atoms with Crippen LogP contribution in [0.1, 0.15) is 15.9 Å². The number of esters is 1. The molecule has 2 aliphatic heterocycles. The predicted octanol–water partition coefficient (Wildman–Crippen LogP) is 1.12. The van der Waals surface area contributed by atoms with Crippen LogP contribution in [-0.4, -0.2) is 48.3 Å². The number of aryl methyl sites for hydroxylation is 1. The van der Waals surface area contributed by atoms with Gasteiger partial charge in [-0.1, -0.05) is 0 Å². The van der Waals surface area contributed by atoms with E-state index in [-0.39, 0.29) is 43.2 Å². The number of aromatic nitrogens is 1. The Balaban J connectivity index is 1.65. The number of hydrogen-bond donors (Lipinski definition) is 0. The summed E-state index contributed by atoms with van der Waals surface area (Å²) in [4.78, 5) is 38.8. The molecule has 3 heterocycles. The molecule has 0 radical (unpaired) electrons. The SMILES string of the molecule is COC(=O)C1CN(C(=O)c2c(C)ccn(-c3ccc4c(c3)OCO4)c2=O)C1. The maximum absolute atomic E-state index is 13.0. The zero-order chi connectivity index (χ0) is 19.1. The molecule has 2 aliphatic rings. The normalized spacial score (nSPS) is 15.4. The molecular weight excluding hydrogens is 352 g/mol. The van der Waals surface area contributed by atoms with Gasteiger partial charge in [0.1, 0.15) is 5.56 Å². The minimum atomic E-state index is -0.416. The number of rotatable bonds is 3. The van der Waals surface area contributed by atoms with E-state index in [1.165, 1.54) is 16.6 Å². The summed E-state index contributed by atoms with van der Waals surface area (Å²) >= 11 is 0. The molecule has 0 unspecified atom stereocenters. The van der Waals surface area contributed by atoms with Crippen molar-refractivity contribution < 1.29 is 23.8 Å². The predicted molar refractivity (Wildman–Crippen MR) is 94.3 cm³/mol. The summed E-state index contributed by atoms with van der Waals surface area (Å²) in [5, 5.41) is 0. The second kappa shape index (κ2) is 6.46. The zero-order valence-electron chi connectivity index (χ0n) is 14.9. The highest BCUT2D eigenvalue weighted by atomic mass is 16.7. The van der Waals surface area contributed by atoms with Crippen LogP contribution >= 0.6 is 0 Å². The molecule has 1 fully saturated rings. The Labute approximate surface area is 154 Å². The number of pyridine rings is 1. The summed E-state index contributed by atoms with van der Waals surface area (Å²) in [6, 6.07) is 6.87. The van der Waals surface area contributed by atoms with E-state index in [2.05, 4.69) is 4.74 Å². The molecule has 8 nitrogen and oxygen atoms in total. The van der Waals surface area contributed by atoms with Gasteiger partial charge in [-0.25, -0.2) is 0 Å². The lowest BCUT2D eigenvalue weighted by Gasteiger charge is -2.37. The number of ether oxygens (including phenoxy) is 3. The summed E-state index contributed by atoms with van der Waals surface area (Å²) in [6.07, 6.45) is 1.62. The minimum absolute atomic E-state index is 0.0958. The van der Waals surface area contributed by atoms with Crippen LogP contribution in [0.15, 0.2) is 35.3 Å². The van der Waals surface area contributed by atoms with Crippen LogP contribution in [0.4, 0.5) is 0 Å². The highest BCUT2D eigenvalue weighted by Crippen LogP contribution is 2.33. The maximum Gasteiger partial charge on any atom is 0.312 e. The van der Waals surface area contributed by atoms with Gasteiger partial charge in [0, 0.05) is 25.4 Å². The first kappa shape index (κ1) is 17.1. The Hall–Kier alpha value is -3.29. The fraction of sp³-hybridized carbons (Fsp3) is 0.316. The third-order valence-corrected chi connectivity index (χ3v) is 4.85. The molecule has 2 aromatic rings. The number of fused-ring (bicyclic) bond motifs is 1. The number of benzene rings is 1. The molecule has 1 aromatic heterocycles. The lowest BCUT2D eigenvalue weighted by molar-refractivity contribution is -0.149. The Morgan fingerprint density at radius 3 is 2.63 bits per heavy atom. The number of hydrogen-bond acceptors (Lipinski definition) is 6. The Bertz CT molecular complexity index is 990. The number of amides is 1. The minimum Gasteiger partial charge on any atom is -0.469 e. The van der Waals surface area contributed by atoms with Crippen molar-refractivity contribution in [3.05, 3.63) is 51.9 Å². The van der Waals surface area contributed by atoms with Crippen LogP contribution in [0.2, 0.25) is 0 Å². The number of methoxy groups -OCH3 is 1. The van der Waals surface area contributed by atoms with E-state index in [0.29, 0.717) is 22.7 Å². The van der Waals surface area contributed by atoms with Gasteiger partial charge in [-0.3, -0.25) is 19.0 Å². The summed E-state index contributed by atoms with van der Waals surface area (Å²) in [5.74, 6) is 0.106. The van der Waals surface area contributed by atoms with Gasteiger partial charge in [0.15, 0.2) is 11.5 Å². The standard InChI is InChI=1S/C19H18N2O6/c1-11-5-6-21(13-3-4-14-15(7-13)27-10-26-14)18(23)16(11)17(22)20-8-12(9-20)19(24)25-2/h3-7,12H,8-10H2,1-2H3. The van der Waals surface area contributed by atoms with E-state index in [1.54, 1.807) is 37.4 Å². The largest absolute Gasteiger partial charge is 0.469 e. The average Bonchev–Trinajstić information content (AvgIpc) is 3.08. The third kappa shape index (κ3) is 2.83. The maximum atomic E-state index is 13.0. The molecule has 1 saturated heterocycles. The van der Waals surface area contributed by atoms with Crippen molar-refractivity contribution in [2.45, 2.75) is 6.92 Å². The zero-order valence-corrected chi connectivity index (χ0v) is 14.9. The van der Waals surface area contributed by atoms with Crippen molar-refractivity contribution in [2.75, 3.05) is 27.0 Å². The van der Waals surface area contributed by atoms with Gasteiger partial charge >= 0.3 is 5.97 Å². The molecule has 0 bridgehead atoms. The Morgan fingerprint density at radius 2 is 1.89 bits per heavy atom. The van der Waals surface area contributed by atoms with Crippen LogP contribution in [0.3, 0.4) is 0 Å². The van der Waals surface area contributed by atoms with Gasteiger partial charge in [0.25, 0.3) is 11.5 Å². The van der Waals surface area contributed by atoms with E-state index in [1.807, 2.05) is 0 Å². The van der Waals surface area contributed by atoms with Crippen LogP contribution < -0.4 is 15.0 Å². The van der Waals surface area contributed by atoms with Crippen molar-refractivity contribution in [3.8, 4) is 17.2 Å². The molecule has 27 heavy (non-hydrogen) atoms. The van der Waals surface area contributed by atoms with Crippen LogP contribution in [0.5, 0.6) is 11.5 Å². The number of carbonyl (C=O) groups excluding carboxylic acids is 2. The molecule has 140 valence electrons. The topological polar surface area (TPSA) is 87.1 Å². The highest BCUT2D eigenvalue weighted by Gasteiger charge is 2.38. The lowest BCUT2D eigenvalue weighted by Crippen LogP contribution is -2.54. The fourth-order valence-electron chi connectivity index (χ4n) is 3.24. The molecule has 4 rings (SSSR count). The first-order valence-electron chi connectivity index (χ1n) is 8.49. The van der Waals surface area contributed by atoms with Crippen molar-refractivity contribution >= 4 is 11.9 Å². The fourth-order valence-corrected chi connectivity index (χ4v) is 3.24. The molecule has 8 heteroatoms. The van der Waals surface area contributed by atoms with E-state index < -0.39 is 5.56 Å². The first-order valence-corrected chi connectivity index (χ1v) is 8.49. The Kier molecular flexibility index (Phi) is 4.10. The van der Waals surface area contributed by atoms with E-state index in [4.69, 9.17) is 9.47 Å². The van der Waals surface area contributed by atoms with Gasteiger partial charge in [-0.2, -0.15) is 0 Å². The first-order chi connectivity index (χ1) is 13.0. The van der Waals surface area contributed by atoms with Gasteiger partial charge in [0.2, 0.25) is 6.79 Å². The van der Waals surface area contributed by atoms with E-state index in [9.17, 15) is 14.4 Å². The molecule has 0 saturated carbocycles. The van der Waals surface area contributed by atoms with Crippen LogP contribution in [-0.2, 0) is 9.53 Å². The molecule has 1 aromatic carbocycles. The monoisotopic (exact) mass is 370 g/mol. The van der Waals surface area contributed by atoms with Crippen molar-refractivity contribution in [1.82, 2.24) is 9.47 Å². The Morgan fingerprint density at radius 1 is 1.15 bits per heavy atom. The molecule has 0 spiro atoms. The third-order valence-electron chi connectivity index (χ3n) is 4.85. The summed E-state index contributed by atoms with van der Waals surface area (Å²) in [7, 11) is 1.32. The smallest absolute Gasteiger partial charge is 0.312 e. The average molecular weight is 370 g/mol. The van der Waals surface area contributed by atoms with Crippen molar-refractivity contribution in [1.29, 1.82) is 0 Å². The van der Waals surface area contributed by atoms with Gasteiger partial charge < -0.3 is 19.1 Å². The second-order valence-electron chi connectivity index (χ2n) is 6.52. The van der Waals surface area contributed by atoms with Gasteiger partial charge in [0.05, 0.1) is 18.7 Å². The van der Waals surface area contributed by atoms with Crippen LogP contribution in [0, 0.1) is 12.8 Å². The number of likely N-dealkylation sites (tertiary alicyclic amines) is 1. The summed E-state index contributed by atoms with van der Waals surface area (Å²) in [5.41, 5.74) is 0.844. The van der Waals surface area contributed by atoms with Gasteiger partial charge in [-0.05, 0) is 30.7 Å². The number of carbonyl (C=O) groups is 2. The molecule has 0 N–H and O–H groups in total. The van der Waals surface area contributed by atoms with Crippen molar-refractivity contribution in [2.24, 2.45) is 5.92 Å². The lowest BCUT2D eigenvalue weighted by atomic mass is 9.98. The molecule has 1 amide bonds. The van der Waals surface area contributed by atoms with E-state index >= 15 is 0 Å². The quantitative estimate of drug-likeness (QED) is 0.753. The molecular formula is C19H18N2O6. The second-order valence-corrected chi connectivity index (χ2v) is 6.52.